The Hall–Kier alpha value is -0.420. The van der Waals surface area contributed by atoms with Crippen LogP contribution in [0.5, 0.6) is 0 Å². The van der Waals surface area contributed by atoms with Crippen LogP contribution >= 0.6 is 11.8 Å². The van der Waals surface area contributed by atoms with E-state index in [2.05, 4.69) is 28.8 Å². The smallest absolute Gasteiger partial charge is 0.191 e. The summed E-state index contributed by atoms with van der Waals surface area (Å²) in [6.45, 7) is 8.34. The van der Waals surface area contributed by atoms with Gasteiger partial charge in [0.2, 0.25) is 0 Å². The Kier molecular flexibility index (Phi) is 12.3. The minimum absolute atomic E-state index is 0.787. The largest absolute Gasteiger partial charge is 0.382 e. The summed E-state index contributed by atoms with van der Waals surface area (Å²) < 4.78 is 5.26. The number of hydrogen-bond donors (Lipinski definition) is 2. The summed E-state index contributed by atoms with van der Waals surface area (Å²) in [6, 6.07) is 0. The van der Waals surface area contributed by atoms with Gasteiger partial charge in [0.05, 0.1) is 0 Å². The fourth-order valence-electron chi connectivity index (χ4n) is 1.12. The summed E-state index contributed by atoms with van der Waals surface area (Å²) in [7, 11) is 0. The van der Waals surface area contributed by atoms with Crippen molar-refractivity contribution in [2.45, 2.75) is 20.3 Å². The molecule has 0 amide bonds. The van der Waals surface area contributed by atoms with Crippen LogP contribution in [0.1, 0.15) is 20.3 Å². The predicted octanol–water partition coefficient (Wildman–Crippen LogP) is 1.33. The molecule has 0 aliphatic rings. The normalized spacial score (nSPS) is 11.6. The van der Waals surface area contributed by atoms with E-state index in [1.54, 1.807) is 0 Å². The average Bonchev–Trinajstić information content (AvgIpc) is 2.29. The summed E-state index contributed by atoms with van der Waals surface area (Å²) in [5, 5.41) is 6.51. The summed E-state index contributed by atoms with van der Waals surface area (Å²) in [4.78, 5) is 4.46. The van der Waals surface area contributed by atoms with Gasteiger partial charge < -0.3 is 15.4 Å². The van der Waals surface area contributed by atoms with Crippen molar-refractivity contribution in [2.75, 3.05) is 44.9 Å². The van der Waals surface area contributed by atoms with Gasteiger partial charge in [-0.05, 0) is 26.5 Å². The van der Waals surface area contributed by atoms with Crippen LogP contribution in [0.3, 0.4) is 0 Å². The van der Waals surface area contributed by atoms with Gasteiger partial charge in [0.25, 0.3) is 0 Å². The highest BCUT2D eigenvalue weighted by molar-refractivity contribution is 7.98. The quantitative estimate of drug-likeness (QED) is 0.366. The lowest BCUT2D eigenvalue weighted by Crippen LogP contribution is -2.38. The first-order valence-corrected chi connectivity index (χ1v) is 7.33. The van der Waals surface area contributed by atoms with E-state index in [1.807, 2.05) is 18.7 Å². The first-order valence-electron chi connectivity index (χ1n) is 5.94. The van der Waals surface area contributed by atoms with Crippen LogP contribution < -0.4 is 10.6 Å². The van der Waals surface area contributed by atoms with Crippen LogP contribution in [0.15, 0.2) is 4.99 Å². The summed E-state index contributed by atoms with van der Waals surface area (Å²) >= 11 is 1.83. The first-order chi connectivity index (χ1) is 7.85. The molecule has 0 saturated heterocycles. The van der Waals surface area contributed by atoms with Gasteiger partial charge in [0.15, 0.2) is 5.96 Å². The minimum atomic E-state index is 0.787. The molecular formula is C11H25N3OS. The monoisotopic (exact) mass is 247 g/mol. The van der Waals surface area contributed by atoms with E-state index in [-0.39, 0.29) is 0 Å². The van der Waals surface area contributed by atoms with Crippen LogP contribution in [-0.4, -0.2) is 50.8 Å². The zero-order chi connectivity index (χ0) is 12.1. The Morgan fingerprint density at radius 1 is 1.31 bits per heavy atom. The highest BCUT2D eigenvalue weighted by atomic mass is 32.2. The molecule has 0 aromatic rings. The molecule has 0 aliphatic heterocycles. The molecule has 0 fully saturated rings. The van der Waals surface area contributed by atoms with Gasteiger partial charge in [0, 0.05) is 38.6 Å². The van der Waals surface area contributed by atoms with E-state index in [1.165, 1.54) is 0 Å². The molecule has 0 saturated carbocycles. The Bertz CT molecular complexity index is 177. The summed E-state index contributed by atoms with van der Waals surface area (Å²) in [5.74, 6) is 2.01. The molecular weight excluding hydrogens is 222 g/mol. The lowest BCUT2D eigenvalue weighted by molar-refractivity contribution is 0.146. The molecule has 0 heterocycles. The molecule has 2 N–H and O–H groups in total. The SMILES string of the molecule is CCNC(=NCCCOCC)NCCSC. The zero-order valence-corrected chi connectivity index (χ0v) is 11.5. The van der Waals surface area contributed by atoms with E-state index in [9.17, 15) is 0 Å². The number of guanidine groups is 1. The van der Waals surface area contributed by atoms with E-state index in [0.29, 0.717) is 0 Å². The van der Waals surface area contributed by atoms with Gasteiger partial charge in [-0.25, -0.2) is 0 Å². The maximum absolute atomic E-state index is 5.26. The van der Waals surface area contributed by atoms with Gasteiger partial charge >= 0.3 is 0 Å². The molecule has 16 heavy (non-hydrogen) atoms. The molecule has 5 heteroatoms. The summed E-state index contributed by atoms with van der Waals surface area (Å²) in [6.07, 6.45) is 3.08. The zero-order valence-electron chi connectivity index (χ0n) is 10.7. The second-order valence-electron chi connectivity index (χ2n) is 3.23. The van der Waals surface area contributed by atoms with E-state index in [4.69, 9.17) is 4.74 Å². The van der Waals surface area contributed by atoms with Gasteiger partial charge in [-0.15, -0.1) is 0 Å². The summed E-state index contributed by atoms with van der Waals surface area (Å²) in [5.41, 5.74) is 0. The number of aliphatic imine (C=N–C) groups is 1. The third-order valence-corrected chi connectivity index (χ3v) is 2.48. The minimum Gasteiger partial charge on any atom is -0.382 e. The average molecular weight is 247 g/mol. The molecule has 0 radical (unpaired) electrons. The molecule has 0 bridgehead atoms. The standard InChI is InChI=1S/C11H25N3OS/c1-4-12-11(14-8-10-16-3)13-7-6-9-15-5-2/h4-10H2,1-3H3,(H2,12,13,14). The number of nitrogens with one attached hydrogen (secondary N) is 2. The number of hydrogen-bond acceptors (Lipinski definition) is 3. The lowest BCUT2D eigenvalue weighted by Gasteiger charge is -2.10. The Morgan fingerprint density at radius 2 is 2.12 bits per heavy atom. The number of ether oxygens (including phenoxy) is 1. The molecule has 4 nitrogen and oxygen atoms in total. The van der Waals surface area contributed by atoms with Crippen molar-refractivity contribution >= 4 is 17.7 Å². The van der Waals surface area contributed by atoms with Crippen molar-refractivity contribution in [3.05, 3.63) is 0 Å². The molecule has 0 aromatic carbocycles. The van der Waals surface area contributed by atoms with Gasteiger partial charge in [-0.2, -0.15) is 11.8 Å². The topological polar surface area (TPSA) is 45.7 Å². The van der Waals surface area contributed by atoms with Crippen molar-refractivity contribution in [2.24, 2.45) is 4.99 Å². The van der Waals surface area contributed by atoms with Crippen molar-refractivity contribution in [3.8, 4) is 0 Å². The highest BCUT2D eigenvalue weighted by Crippen LogP contribution is 1.88. The van der Waals surface area contributed by atoms with Gasteiger partial charge in [-0.1, -0.05) is 0 Å². The van der Waals surface area contributed by atoms with Crippen molar-refractivity contribution in [3.63, 3.8) is 0 Å². The van der Waals surface area contributed by atoms with Crippen LogP contribution in [0, 0.1) is 0 Å². The second kappa shape index (κ2) is 12.6. The molecule has 0 unspecified atom stereocenters. The fraction of sp³-hybridized carbons (Fsp3) is 0.909. The van der Waals surface area contributed by atoms with Gasteiger partial charge in [0.1, 0.15) is 0 Å². The molecule has 0 aromatic heterocycles. The van der Waals surface area contributed by atoms with Gasteiger partial charge in [-0.3, -0.25) is 4.99 Å². The van der Waals surface area contributed by atoms with Crippen LogP contribution in [0.2, 0.25) is 0 Å². The van der Waals surface area contributed by atoms with E-state index < -0.39 is 0 Å². The molecule has 0 aliphatic carbocycles. The fourth-order valence-corrected chi connectivity index (χ4v) is 1.42. The maximum atomic E-state index is 5.26. The number of thioether (sulfide) groups is 1. The Balaban J connectivity index is 3.66. The molecule has 0 rings (SSSR count). The third kappa shape index (κ3) is 10.1. The Morgan fingerprint density at radius 3 is 2.75 bits per heavy atom. The second-order valence-corrected chi connectivity index (χ2v) is 4.22. The molecule has 0 atom stereocenters. The van der Waals surface area contributed by atoms with Crippen molar-refractivity contribution in [1.29, 1.82) is 0 Å². The third-order valence-electron chi connectivity index (χ3n) is 1.86. The van der Waals surface area contributed by atoms with E-state index >= 15 is 0 Å². The first kappa shape index (κ1) is 15.6. The number of nitrogens with zero attached hydrogens (tertiary/aromatic N) is 1. The highest BCUT2D eigenvalue weighted by Gasteiger charge is 1.95. The van der Waals surface area contributed by atoms with Crippen molar-refractivity contribution in [1.82, 2.24) is 10.6 Å². The Labute approximate surface area is 104 Å². The maximum Gasteiger partial charge on any atom is 0.191 e. The van der Waals surface area contributed by atoms with Crippen LogP contribution in [0.25, 0.3) is 0 Å². The van der Waals surface area contributed by atoms with E-state index in [0.717, 1.165) is 51.0 Å². The van der Waals surface area contributed by atoms with Crippen LogP contribution in [-0.2, 0) is 4.74 Å². The predicted molar refractivity (Wildman–Crippen MR) is 73.5 cm³/mol. The van der Waals surface area contributed by atoms with Crippen molar-refractivity contribution < 1.29 is 4.74 Å². The molecule has 96 valence electrons. The van der Waals surface area contributed by atoms with Crippen LogP contribution in [0.4, 0.5) is 0 Å². The molecule has 0 spiro atoms. The number of rotatable bonds is 9. The lowest BCUT2D eigenvalue weighted by atomic mass is 10.4.